The third kappa shape index (κ3) is 50.3. The summed E-state index contributed by atoms with van der Waals surface area (Å²) in [6.07, 6.45) is 8.19. The van der Waals surface area contributed by atoms with Crippen LogP contribution in [0.3, 0.4) is 0 Å². The minimum Gasteiger partial charge on any atom is -0.359 e. The van der Waals surface area contributed by atoms with Crippen molar-refractivity contribution in [2.24, 2.45) is 5.92 Å². The number of carbonyl (C=O) groups is 1. The van der Waals surface area contributed by atoms with Gasteiger partial charge in [0.15, 0.2) is 0 Å². The Bertz CT molecular complexity index is 113. The van der Waals surface area contributed by atoms with Crippen LogP contribution in [0.5, 0.6) is 0 Å². The van der Waals surface area contributed by atoms with E-state index < -0.39 is 0 Å². The molecule has 0 atom stereocenters. The lowest BCUT2D eigenvalue weighted by Gasteiger charge is -1.96. The second-order valence-electron chi connectivity index (χ2n) is 4.64. The Morgan fingerprint density at radius 2 is 1.47 bits per heavy atom. The van der Waals surface area contributed by atoms with Gasteiger partial charge in [0.1, 0.15) is 0 Å². The van der Waals surface area contributed by atoms with Crippen LogP contribution < -0.4 is 5.32 Å². The summed E-state index contributed by atoms with van der Waals surface area (Å²) in [7, 11) is 0. The molecule has 0 aromatic rings. The van der Waals surface area contributed by atoms with Gasteiger partial charge in [-0.15, -0.1) is 0 Å². The van der Waals surface area contributed by atoms with Crippen LogP contribution in [0.4, 0.5) is 0 Å². The lowest BCUT2D eigenvalue weighted by atomic mass is 10.2. The maximum Gasteiger partial charge on any atom is 0.207 e. The van der Waals surface area contributed by atoms with Crippen LogP contribution >= 0.6 is 0 Å². The van der Waals surface area contributed by atoms with E-state index >= 15 is 0 Å². The highest BCUT2D eigenvalue weighted by atomic mass is 16.1. The van der Waals surface area contributed by atoms with Gasteiger partial charge in [-0.3, -0.25) is 4.79 Å². The topological polar surface area (TPSA) is 29.1 Å². The van der Waals surface area contributed by atoms with E-state index in [1.807, 2.05) is 0 Å². The Kier molecular flexibility index (Phi) is 31.5. The first-order valence-corrected chi connectivity index (χ1v) is 7.27. The Morgan fingerprint density at radius 3 is 1.76 bits per heavy atom. The summed E-state index contributed by atoms with van der Waals surface area (Å²) in [4.78, 5) is 9.73. The fourth-order valence-electron chi connectivity index (χ4n) is 0.713. The van der Waals surface area contributed by atoms with E-state index in [0.29, 0.717) is 0 Å². The van der Waals surface area contributed by atoms with Gasteiger partial charge in [0, 0.05) is 6.54 Å². The lowest BCUT2D eigenvalue weighted by Crippen LogP contribution is -2.11. The van der Waals surface area contributed by atoms with Crippen molar-refractivity contribution in [1.82, 2.24) is 5.32 Å². The molecule has 0 aromatic heterocycles. The van der Waals surface area contributed by atoms with Gasteiger partial charge < -0.3 is 5.32 Å². The van der Waals surface area contributed by atoms with Crippen molar-refractivity contribution in [2.75, 3.05) is 6.54 Å². The molecule has 0 bridgehead atoms. The third-order valence-corrected chi connectivity index (χ3v) is 2.07. The van der Waals surface area contributed by atoms with Crippen molar-refractivity contribution in [1.29, 1.82) is 0 Å². The molecule has 2 heteroatoms. The normalized spacial score (nSPS) is 8.65. The van der Waals surface area contributed by atoms with Crippen molar-refractivity contribution in [2.45, 2.75) is 80.1 Å². The first kappa shape index (κ1) is 21.7. The van der Waals surface area contributed by atoms with Crippen LogP contribution in [0, 0.1) is 5.92 Å². The van der Waals surface area contributed by atoms with E-state index in [4.69, 9.17) is 0 Å². The molecule has 0 aliphatic carbocycles. The van der Waals surface area contributed by atoms with Crippen molar-refractivity contribution in [3.05, 3.63) is 0 Å². The SMILES string of the molecule is CCC.CCC(C)C.CCCCCCNC=O. The van der Waals surface area contributed by atoms with Gasteiger partial charge in [0.2, 0.25) is 6.41 Å². The fourth-order valence-corrected chi connectivity index (χ4v) is 0.713. The quantitative estimate of drug-likeness (QED) is 0.507. The Morgan fingerprint density at radius 1 is 1.00 bits per heavy atom. The lowest BCUT2D eigenvalue weighted by molar-refractivity contribution is -0.109. The summed E-state index contributed by atoms with van der Waals surface area (Å²) in [5.74, 6) is 0.884. The molecule has 0 radical (unpaired) electrons. The minimum absolute atomic E-state index is 0.756. The van der Waals surface area contributed by atoms with E-state index in [1.165, 1.54) is 32.1 Å². The number of carbonyl (C=O) groups excluding carboxylic acids is 1. The number of hydrogen-bond acceptors (Lipinski definition) is 1. The summed E-state index contributed by atoms with van der Waals surface area (Å²) in [6.45, 7) is 13.9. The maximum absolute atomic E-state index is 9.73. The number of hydrogen-bond donors (Lipinski definition) is 1. The summed E-state index contributed by atoms with van der Waals surface area (Å²) in [6, 6.07) is 0. The predicted octanol–water partition coefficient (Wildman–Crippen LogP) is 4.78. The molecule has 1 amide bonds. The van der Waals surface area contributed by atoms with Crippen LogP contribution in [0.25, 0.3) is 0 Å². The van der Waals surface area contributed by atoms with Gasteiger partial charge in [-0.2, -0.15) is 0 Å². The molecular weight excluding hydrogens is 210 g/mol. The molecule has 0 fully saturated rings. The van der Waals surface area contributed by atoms with Gasteiger partial charge in [-0.1, -0.05) is 73.6 Å². The highest BCUT2D eigenvalue weighted by molar-refractivity contribution is 5.45. The van der Waals surface area contributed by atoms with E-state index in [-0.39, 0.29) is 0 Å². The summed E-state index contributed by atoms with van der Waals surface area (Å²) < 4.78 is 0. The first-order valence-electron chi connectivity index (χ1n) is 7.27. The van der Waals surface area contributed by atoms with E-state index in [1.54, 1.807) is 0 Å². The number of amides is 1. The molecule has 1 N–H and O–H groups in total. The molecule has 0 saturated carbocycles. The van der Waals surface area contributed by atoms with E-state index in [2.05, 4.69) is 46.9 Å². The number of rotatable bonds is 7. The monoisotopic (exact) mass is 245 g/mol. The van der Waals surface area contributed by atoms with E-state index in [0.717, 1.165) is 25.3 Å². The zero-order chi connectivity index (χ0) is 13.9. The molecule has 0 heterocycles. The van der Waals surface area contributed by atoms with Crippen LogP contribution in [0.15, 0.2) is 0 Å². The average Bonchev–Trinajstić information content (AvgIpc) is 2.31. The third-order valence-electron chi connectivity index (χ3n) is 2.07. The minimum atomic E-state index is 0.756. The first-order chi connectivity index (χ1) is 8.10. The van der Waals surface area contributed by atoms with Crippen LogP contribution in [0.2, 0.25) is 0 Å². The van der Waals surface area contributed by atoms with Crippen molar-refractivity contribution >= 4 is 6.41 Å². The van der Waals surface area contributed by atoms with Gasteiger partial charge in [0.05, 0.1) is 0 Å². The van der Waals surface area contributed by atoms with Gasteiger partial charge in [0.25, 0.3) is 0 Å². The van der Waals surface area contributed by atoms with Crippen molar-refractivity contribution < 1.29 is 4.79 Å². The van der Waals surface area contributed by atoms with E-state index in [9.17, 15) is 4.79 Å². The molecule has 0 aliphatic rings. The molecule has 0 aliphatic heterocycles. The Balaban J connectivity index is -0.000000207. The average molecular weight is 245 g/mol. The fraction of sp³-hybridized carbons (Fsp3) is 0.933. The van der Waals surface area contributed by atoms with Crippen molar-refractivity contribution in [3.8, 4) is 0 Å². The van der Waals surface area contributed by atoms with Crippen LogP contribution in [-0.2, 0) is 4.79 Å². The molecule has 0 unspecified atom stereocenters. The Labute approximate surface area is 110 Å². The molecule has 2 nitrogen and oxygen atoms in total. The second kappa shape index (κ2) is 24.6. The highest BCUT2D eigenvalue weighted by Crippen LogP contribution is 1.96. The molecule has 0 spiro atoms. The van der Waals surface area contributed by atoms with Gasteiger partial charge in [-0.25, -0.2) is 0 Å². The molecule has 106 valence electrons. The zero-order valence-electron chi connectivity index (χ0n) is 13.0. The van der Waals surface area contributed by atoms with Crippen LogP contribution in [-0.4, -0.2) is 13.0 Å². The largest absolute Gasteiger partial charge is 0.359 e. The number of nitrogens with one attached hydrogen (secondary N) is 1. The number of unbranched alkanes of at least 4 members (excludes halogenated alkanes) is 3. The molecule has 0 rings (SSSR count). The Hall–Kier alpha value is -0.530. The van der Waals surface area contributed by atoms with Crippen LogP contribution in [0.1, 0.15) is 80.1 Å². The second-order valence-corrected chi connectivity index (χ2v) is 4.64. The smallest absolute Gasteiger partial charge is 0.207 e. The molecule has 0 saturated heterocycles. The van der Waals surface area contributed by atoms with Gasteiger partial charge >= 0.3 is 0 Å². The summed E-state index contributed by atoms with van der Waals surface area (Å²) in [5, 5.41) is 2.63. The molecule has 17 heavy (non-hydrogen) atoms. The molecular formula is C15H35NO. The predicted molar refractivity (Wildman–Crippen MR) is 79.3 cm³/mol. The standard InChI is InChI=1S/C7H15NO.C5H12.C3H8/c1-2-3-4-5-6-8-7-9;1-4-5(2)3;1-3-2/h7H,2-6H2,1H3,(H,8,9);5H,4H2,1-3H3;3H2,1-2H3. The zero-order valence-corrected chi connectivity index (χ0v) is 13.0. The van der Waals surface area contributed by atoms with Crippen molar-refractivity contribution in [3.63, 3.8) is 0 Å². The van der Waals surface area contributed by atoms with Gasteiger partial charge in [-0.05, 0) is 12.3 Å². The summed E-state index contributed by atoms with van der Waals surface area (Å²) in [5.41, 5.74) is 0. The highest BCUT2D eigenvalue weighted by Gasteiger charge is 1.84. The maximum atomic E-state index is 9.73. The molecule has 0 aromatic carbocycles. The summed E-state index contributed by atoms with van der Waals surface area (Å²) >= 11 is 0.